The zero-order chi connectivity index (χ0) is 8.97. The van der Waals surface area contributed by atoms with Gasteiger partial charge in [-0.05, 0) is 12.8 Å². The molecule has 1 rings (SSSR count). The van der Waals surface area contributed by atoms with Gasteiger partial charge in [0.25, 0.3) is 0 Å². The molecule has 0 aromatic rings. The van der Waals surface area contributed by atoms with E-state index < -0.39 is 0 Å². The highest BCUT2D eigenvalue weighted by Crippen LogP contribution is 2.21. The Labute approximate surface area is 73.2 Å². The number of aliphatic hydroxyl groups excluding tert-OH is 1. The maximum absolute atomic E-state index is 9.44. The zero-order valence-electron chi connectivity index (χ0n) is 7.28. The highest BCUT2D eigenvalue weighted by molar-refractivity contribution is 4.82. The Morgan fingerprint density at radius 2 is 2.17 bits per heavy atom. The van der Waals surface area contributed by atoms with Crippen molar-refractivity contribution in [3.63, 3.8) is 0 Å². The molecule has 1 saturated heterocycles. The molecule has 70 valence electrons. The smallest absolute Gasteiger partial charge is 0.0725 e. The second-order valence-corrected chi connectivity index (χ2v) is 3.27. The molecule has 3 atom stereocenters. The normalized spacial score (nSPS) is 36.3. The monoisotopic (exact) mass is 171 g/mol. The van der Waals surface area contributed by atoms with Crippen LogP contribution in [0.2, 0.25) is 0 Å². The fraction of sp³-hybridized carbons (Fsp3) is 0.778. The number of rotatable bonds is 3. The Morgan fingerprint density at radius 3 is 2.75 bits per heavy atom. The van der Waals surface area contributed by atoms with Crippen LogP contribution < -0.4 is 5.73 Å². The van der Waals surface area contributed by atoms with Crippen molar-refractivity contribution >= 4 is 0 Å². The van der Waals surface area contributed by atoms with Crippen LogP contribution in [0.25, 0.3) is 0 Å². The molecule has 3 heteroatoms. The first kappa shape index (κ1) is 9.71. The molecule has 1 heterocycles. The SMILES string of the molecule is C=CC[C@H]1C[C@@H](O)C[C@@H](CN)O1. The lowest BCUT2D eigenvalue weighted by Gasteiger charge is -2.32. The van der Waals surface area contributed by atoms with Gasteiger partial charge in [0, 0.05) is 13.0 Å². The molecule has 1 aliphatic heterocycles. The van der Waals surface area contributed by atoms with Crippen molar-refractivity contribution in [3.05, 3.63) is 12.7 Å². The van der Waals surface area contributed by atoms with Crippen LogP contribution in [0.4, 0.5) is 0 Å². The summed E-state index contributed by atoms with van der Waals surface area (Å²) in [5.41, 5.74) is 5.46. The zero-order valence-corrected chi connectivity index (χ0v) is 7.28. The van der Waals surface area contributed by atoms with Crippen LogP contribution in [0.3, 0.4) is 0 Å². The van der Waals surface area contributed by atoms with Gasteiger partial charge >= 0.3 is 0 Å². The predicted octanol–water partition coefficient (Wildman–Crippen LogP) is 0.430. The van der Waals surface area contributed by atoms with Gasteiger partial charge in [-0.25, -0.2) is 0 Å². The summed E-state index contributed by atoms with van der Waals surface area (Å²) < 4.78 is 5.59. The second kappa shape index (κ2) is 4.60. The molecule has 12 heavy (non-hydrogen) atoms. The summed E-state index contributed by atoms with van der Waals surface area (Å²) in [6, 6.07) is 0. The van der Waals surface area contributed by atoms with Gasteiger partial charge in [-0.15, -0.1) is 6.58 Å². The Hall–Kier alpha value is -0.380. The summed E-state index contributed by atoms with van der Waals surface area (Å²) in [6.45, 7) is 4.13. The Kier molecular flexibility index (Phi) is 3.72. The topological polar surface area (TPSA) is 55.5 Å². The van der Waals surface area contributed by atoms with Crippen LogP contribution in [-0.4, -0.2) is 30.0 Å². The van der Waals surface area contributed by atoms with E-state index in [4.69, 9.17) is 10.5 Å². The predicted molar refractivity (Wildman–Crippen MR) is 47.8 cm³/mol. The van der Waals surface area contributed by atoms with Crippen molar-refractivity contribution in [2.75, 3.05) is 6.54 Å². The molecule has 0 radical (unpaired) electrons. The van der Waals surface area contributed by atoms with Crippen LogP contribution in [-0.2, 0) is 4.74 Å². The number of aliphatic hydroxyl groups is 1. The lowest BCUT2D eigenvalue weighted by atomic mass is 9.99. The first-order valence-electron chi connectivity index (χ1n) is 4.40. The molecule has 0 spiro atoms. The minimum Gasteiger partial charge on any atom is -0.393 e. The molecule has 0 saturated carbocycles. The first-order valence-corrected chi connectivity index (χ1v) is 4.40. The van der Waals surface area contributed by atoms with Gasteiger partial charge < -0.3 is 15.6 Å². The summed E-state index contributed by atoms with van der Waals surface area (Å²) in [7, 11) is 0. The van der Waals surface area contributed by atoms with Gasteiger partial charge in [0.2, 0.25) is 0 Å². The van der Waals surface area contributed by atoms with E-state index in [9.17, 15) is 5.11 Å². The largest absolute Gasteiger partial charge is 0.393 e. The van der Waals surface area contributed by atoms with Crippen LogP contribution in [0.15, 0.2) is 12.7 Å². The van der Waals surface area contributed by atoms with Crippen LogP contribution in [0, 0.1) is 0 Å². The van der Waals surface area contributed by atoms with Gasteiger partial charge in [0.15, 0.2) is 0 Å². The van der Waals surface area contributed by atoms with Crippen molar-refractivity contribution in [1.29, 1.82) is 0 Å². The minimum absolute atomic E-state index is 0.0266. The van der Waals surface area contributed by atoms with Gasteiger partial charge in [0.1, 0.15) is 0 Å². The van der Waals surface area contributed by atoms with E-state index in [1.807, 2.05) is 6.08 Å². The quantitative estimate of drug-likeness (QED) is 0.605. The Bertz CT molecular complexity index is 149. The third-order valence-electron chi connectivity index (χ3n) is 2.15. The van der Waals surface area contributed by atoms with Crippen LogP contribution >= 0.6 is 0 Å². The van der Waals surface area contributed by atoms with E-state index >= 15 is 0 Å². The molecule has 3 N–H and O–H groups in total. The summed E-state index contributed by atoms with van der Waals surface area (Å²) in [5, 5.41) is 9.44. The fourth-order valence-corrected chi connectivity index (χ4v) is 1.58. The van der Waals surface area contributed by atoms with Crippen molar-refractivity contribution in [2.45, 2.75) is 37.6 Å². The number of nitrogens with two attached hydrogens (primary N) is 1. The molecular weight excluding hydrogens is 154 g/mol. The molecule has 1 fully saturated rings. The van der Waals surface area contributed by atoms with E-state index in [0.29, 0.717) is 19.4 Å². The van der Waals surface area contributed by atoms with Gasteiger partial charge in [-0.1, -0.05) is 6.08 Å². The number of hydrogen-bond acceptors (Lipinski definition) is 3. The van der Waals surface area contributed by atoms with E-state index in [0.717, 1.165) is 6.42 Å². The lowest BCUT2D eigenvalue weighted by molar-refractivity contribution is -0.0891. The van der Waals surface area contributed by atoms with Crippen LogP contribution in [0.1, 0.15) is 19.3 Å². The average Bonchev–Trinajstić information content (AvgIpc) is 2.04. The second-order valence-electron chi connectivity index (χ2n) is 3.27. The summed E-state index contributed by atoms with van der Waals surface area (Å²) in [5.74, 6) is 0. The molecular formula is C9H17NO2. The molecule has 0 aliphatic carbocycles. The third kappa shape index (κ3) is 2.59. The standard InChI is InChI=1S/C9H17NO2/c1-2-3-8-4-7(11)5-9(6-10)12-8/h2,7-9,11H,1,3-6,10H2/t7-,8+,9+/m1/s1. The van der Waals surface area contributed by atoms with E-state index in [1.54, 1.807) is 0 Å². The third-order valence-corrected chi connectivity index (χ3v) is 2.15. The molecule has 0 amide bonds. The van der Waals surface area contributed by atoms with Crippen molar-refractivity contribution in [3.8, 4) is 0 Å². The minimum atomic E-state index is -0.253. The highest BCUT2D eigenvalue weighted by Gasteiger charge is 2.26. The molecule has 0 bridgehead atoms. The first-order chi connectivity index (χ1) is 5.76. The summed E-state index contributed by atoms with van der Waals surface area (Å²) in [4.78, 5) is 0. The number of hydrogen-bond donors (Lipinski definition) is 2. The van der Waals surface area contributed by atoms with Gasteiger partial charge in [0.05, 0.1) is 18.3 Å². The molecule has 0 aromatic carbocycles. The summed E-state index contributed by atoms with van der Waals surface area (Å²) in [6.07, 6.45) is 3.88. The average molecular weight is 171 g/mol. The molecule has 0 unspecified atom stereocenters. The Balaban J connectivity index is 2.39. The van der Waals surface area contributed by atoms with Crippen molar-refractivity contribution in [2.24, 2.45) is 5.73 Å². The number of ether oxygens (including phenoxy) is 1. The lowest BCUT2D eigenvalue weighted by Crippen LogP contribution is -2.39. The van der Waals surface area contributed by atoms with Gasteiger partial charge in [-0.3, -0.25) is 0 Å². The molecule has 1 aliphatic rings. The molecule has 3 nitrogen and oxygen atoms in total. The van der Waals surface area contributed by atoms with E-state index in [1.165, 1.54) is 0 Å². The van der Waals surface area contributed by atoms with Gasteiger partial charge in [-0.2, -0.15) is 0 Å². The maximum atomic E-state index is 9.44. The highest BCUT2D eigenvalue weighted by atomic mass is 16.5. The van der Waals surface area contributed by atoms with E-state index in [-0.39, 0.29) is 18.3 Å². The molecule has 0 aromatic heterocycles. The van der Waals surface area contributed by atoms with E-state index in [2.05, 4.69) is 6.58 Å². The maximum Gasteiger partial charge on any atom is 0.0725 e. The Morgan fingerprint density at radius 1 is 1.50 bits per heavy atom. The van der Waals surface area contributed by atoms with Crippen molar-refractivity contribution in [1.82, 2.24) is 0 Å². The fourth-order valence-electron chi connectivity index (χ4n) is 1.58. The van der Waals surface area contributed by atoms with Crippen molar-refractivity contribution < 1.29 is 9.84 Å². The van der Waals surface area contributed by atoms with Crippen LogP contribution in [0.5, 0.6) is 0 Å². The summed E-state index contributed by atoms with van der Waals surface area (Å²) >= 11 is 0.